The predicted molar refractivity (Wildman–Crippen MR) is 83.4 cm³/mol. The van der Waals surface area contributed by atoms with Gasteiger partial charge in [0.15, 0.2) is 0 Å². The van der Waals surface area contributed by atoms with Crippen molar-refractivity contribution < 1.29 is 14.6 Å². The van der Waals surface area contributed by atoms with Gasteiger partial charge in [-0.3, -0.25) is 4.79 Å². The third kappa shape index (κ3) is 4.69. The van der Waals surface area contributed by atoms with Crippen LogP contribution in [0.5, 0.6) is 11.5 Å². The highest BCUT2D eigenvalue weighted by molar-refractivity contribution is 6.01. The lowest BCUT2D eigenvalue weighted by atomic mass is 10.2. The molecule has 2 N–H and O–H groups in total. The van der Waals surface area contributed by atoms with E-state index in [0.29, 0.717) is 12.3 Å². The summed E-state index contributed by atoms with van der Waals surface area (Å²) < 4.78 is 5.40. The summed E-state index contributed by atoms with van der Waals surface area (Å²) in [5.41, 5.74) is 1.52. The fourth-order valence-electron chi connectivity index (χ4n) is 1.78. The van der Waals surface area contributed by atoms with Gasteiger partial charge in [-0.15, -0.1) is 0 Å². The molecule has 2 rings (SSSR count). The summed E-state index contributed by atoms with van der Waals surface area (Å²) in [6.45, 7) is 2.53. The summed E-state index contributed by atoms with van der Waals surface area (Å²) in [5.74, 6) is 0.706. The highest BCUT2D eigenvalue weighted by Gasteiger charge is 1.98. The number of rotatable bonds is 5. The molecule has 0 fully saturated rings. The van der Waals surface area contributed by atoms with Gasteiger partial charge in [0.25, 0.3) is 0 Å². The maximum atomic E-state index is 11.8. The van der Waals surface area contributed by atoms with Crippen molar-refractivity contribution in [2.75, 3.05) is 11.9 Å². The van der Waals surface area contributed by atoms with Crippen LogP contribution in [-0.2, 0) is 4.79 Å². The Bertz CT molecular complexity index is 633. The molecule has 0 aromatic heterocycles. The molecule has 4 heteroatoms. The van der Waals surface area contributed by atoms with Crippen molar-refractivity contribution in [3.8, 4) is 11.5 Å². The monoisotopic (exact) mass is 283 g/mol. The van der Waals surface area contributed by atoms with E-state index in [1.807, 2.05) is 31.2 Å². The van der Waals surface area contributed by atoms with Crippen LogP contribution >= 0.6 is 0 Å². The average Bonchev–Trinajstić information content (AvgIpc) is 2.48. The first-order valence-electron chi connectivity index (χ1n) is 6.68. The zero-order valence-corrected chi connectivity index (χ0v) is 11.7. The lowest BCUT2D eigenvalue weighted by Gasteiger charge is -2.03. The molecule has 2 aromatic carbocycles. The first kappa shape index (κ1) is 14.7. The molecule has 0 aliphatic rings. The van der Waals surface area contributed by atoms with Crippen molar-refractivity contribution in [2.24, 2.45) is 0 Å². The van der Waals surface area contributed by atoms with Crippen LogP contribution in [0.3, 0.4) is 0 Å². The molecule has 108 valence electrons. The Kier molecular flexibility index (Phi) is 4.99. The van der Waals surface area contributed by atoms with Gasteiger partial charge in [0.2, 0.25) is 5.91 Å². The molecule has 0 unspecified atom stereocenters. The van der Waals surface area contributed by atoms with Gasteiger partial charge in [0.05, 0.1) is 6.61 Å². The van der Waals surface area contributed by atoms with Crippen LogP contribution in [0.2, 0.25) is 0 Å². The molecule has 0 saturated heterocycles. The average molecular weight is 283 g/mol. The fraction of sp³-hybridized carbons (Fsp3) is 0.118. The number of hydrogen-bond acceptors (Lipinski definition) is 3. The second kappa shape index (κ2) is 7.14. The number of carbonyl (C=O) groups is 1. The van der Waals surface area contributed by atoms with E-state index in [2.05, 4.69) is 5.32 Å². The first-order chi connectivity index (χ1) is 10.2. The van der Waals surface area contributed by atoms with Crippen LogP contribution in [0.1, 0.15) is 12.5 Å². The number of phenolic OH excluding ortho intramolecular Hbond substituents is 1. The first-order valence-corrected chi connectivity index (χ1v) is 6.68. The van der Waals surface area contributed by atoms with Crippen LogP contribution in [0.25, 0.3) is 6.08 Å². The quantitative estimate of drug-likeness (QED) is 0.652. The van der Waals surface area contributed by atoms with Gasteiger partial charge in [0, 0.05) is 11.8 Å². The van der Waals surface area contributed by atoms with Crippen LogP contribution in [-0.4, -0.2) is 17.6 Å². The number of aromatic hydroxyl groups is 1. The van der Waals surface area contributed by atoms with Gasteiger partial charge < -0.3 is 15.2 Å². The third-order valence-corrected chi connectivity index (χ3v) is 2.73. The molecular formula is C17H17NO3. The summed E-state index contributed by atoms with van der Waals surface area (Å²) in [6, 6.07) is 13.8. The number of phenols is 1. The summed E-state index contributed by atoms with van der Waals surface area (Å²) in [4.78, 5) is 11.8. The van der Waals surface area contributed by atoms with Gasteiger partial charge in [-0.1, -0.05) is 12.1 Å². The number of amides is 1. The van der Waals surface area contributed by atoms with Gasteiger partial charge in [-0.05, 0) is 55.0 Å². The minimum absolute atomic E-state index is 0.163. The minimum atomic E-state index is -0.234. The normalized spacial score (nSPS) is 10.5. The van der Waals surface area contributed by atoms with Gasteiger partial charge in [0.1, 0.15) is 11.5 Å². The lowest BCUT2D eigenvalue weighted by Crippen LogP contribution is -2.07. The van der Waals surface area contributed by atoms with Crippen molar-refractivity contribution in [1.29, 1.82) is 0 Å². The molecule has 0 bridgehead atoms. The highest BCUT2D eigenvalue weighted by atomic mass is 16.5. The molecule has 0 atom stereocenters. The molecular weight excluding hydrogens is 266 g/mol. The molecule has 2 aromatic rings. The second-order valence-electron chi connectivity index (χ2n) is 4.37. The van der Waals surface area contributed by atoms with Gasteiger partial charge in [-0.25, -0.2) is 0 Å². The summed E-state index contributed by atoms with van der Waals surface area (Å²) >= 11 is 0. The van der Waals surface area contributed by atoms with Crippen molar-refractivity contribution in [1.82, 2.24) is 0 Å². The van der Waals surface area contributed by atoms with Crippen molar-refractivity contribution in [3.05, 3.63) is 60.2 Å². The van der Waals surface area contributed by atoms with E-state index in [4.69, 9.17) is 4.74 Å². The zero-order valence-electron chi connectivity index (χ0n) is 11.7. The Morgan fingerprint density at radius 2 is 2.00 bits per heavy atom. The summed E-state index contributed by atoms with van der Waals surface area (Å²) in [5, 5.41) is 11.9. The Hall–Kier alpha value is -2.75. The molecule has 1 amide bonds. The highest BCUT2D eigenvalue weighted by Crippen LogP contribution is 2.15. The van der Waals surface area contributed by atoms with Crippen LogP contribution in [0.4, 0.5) is 5.69 Å². The van der Waals surface area contributed by atoms with Gasteiger partial charge >= 0.3 is 0 Å². The maximum absolute atomic E-state index is 11.8. The molecule has 0 heterocycles. The number of benzene rings is 2. The van der Waals surface area contributed by atoms with Crippen LogP contribution < -0.4 is 10.1 Å². The summed E-state index contributed by atoms with van der Waals surface area (Å²) in [7, 11) is 0. The Balaban J connectivity index is 1.98. The molecule has 0 radical (unpaired) electrons. The number of hydrogen-bond donors (Lipinski definition) is 2. The van der Waals surface area contributed by atoms with Crippen LogP contribution in [0.15, 0.2) is 54.6 Å². The second-order valence-corrected chi connectivity index (χ2v) is 4.37. The molecule has 0 saturated carbocycles. The van der Waals surface area contributed by atoms with Gasteiger partial charge in [-0.2, -0.15) is 0 Å². The van der Waals surface area contributed by atoms with E-state index in [0.717, 1.165) is 11.3 Å². The molecule has 0 aliphatic heterocycles. The number of ether oxygens (including phenoxy) is 1. The molecule has 0 spiro atoms. The Morgan fingerprint density at radius 1 is 1.24 bits per heavy atom. The minimum Gasteiger partial charge on any atom is -0.508 e. The van der Waals surface area contributed by atoms with Crippen molar-refractivity contribution in [3.63, 3.8) is 0 Å². The SMILES string of the molecule is CCOc1cccc(/C=C/C(=O)Nc2ccc(O)cc2)c1. The maximum Gasteiger partial charge on any atom is 0.248 e. The van der Waals surface area contributed by atoms with Crippen molar-refractivity contribution in [2.45, 2.75) is 6.92 Å². The number of carbonyl (C=O) groups excluding carboxylic acids is 1. The molecule has 21 heavy (non-hydrogen) atoms. The standard InChI is InChI=1S/C17H17NO3/c1-2-21-16-5-3-4-13(12-16)6-11-17(20)18-14-7-9-15(19)10-8-14/h3-12,19H,2H2,1H3,(H,18,20)/b11-6+. The molecule has 0 aliphatic carbocycles. The van der Waals surface area contributed by atoms with Crippen molar-refractivity contribution >= 4 is 17.7 Å². The topological polar surface area (TPSA) is 58.6 Å². The van der Waals surface area contributed by atoms with E-state index in [9.17, 15) is 9.90 Å². The van der Waals surface area contributed by atoms with E-state index in [1.165, 1.54) is 18.2 Å². The Morgan fingerprint density at radius 3 is 2.71 bits per heavy atom. The zero-order chi connectivity index (χ0) is 15.1. The third-order valence-electron chi connectivity index (χ3n) is 2.73. The van der Waals surface area contributed by atoms with E-state index < -0.39 is 0 Å². The van der Waals surface area contributed by atoms with E-state index in [1.54, 1.807) is 18.2 Å². The molecule has 4 nitrogen and oxygen atoms in total. The fourth-order valence-corrected chi connectivity index (χ4v) is 1.78. The smallest absolute Gasteiger partial charge is 0.248 e. The Labute approximate surface area is 123 Å². The predicted octanol–water partition coefficient (Wildman–Crippen LogP) is 3.44. The lowest BCUT2D eigenvalue weighted by molar-refractivity contribution is -0.111. The number of nitrogens with one attached hydrogen (secondary N) is 1. The van der Waals surface area contributed by atoms with E-state index in [-0.39, 0.29) is 11.7 Å². The van der Waals surface area contributed by atoms with Crippen LogP contribution in [0, 0.1) is 0 Å². The largest absolute Gasteiger partial charge is 0.508 e. The van der Waals surface area contributed by atoms with E-state index >= 15 is 0 Å². The summed E-state index contributed by atoms with van der Waals surface area (Å²) in [6.07, 6.45) is 3.18. The number of anilines is 1.